The number of aromatic hydroxyl groups is 1. The molecule has 0 atom stereocenters. The largest absolute Gasteiger partial charge is 0.506 e. The molecule has 0 spiro atoms. The van der Waals surface area contributed by atoms with Crippen molar-refractivity contribution in [2.45, 2.75) is 6.42 Å². The first-order valence-electron chi connectivity index (χ1n) is 8.26. The zero-order chi connectivity index (χ0) is 18.1. The van der Waals surface area contributed by atoms with Crippen LogP contribution in [0.2, 0.25) is 0 Å². The second-order valence-electron chi connectivity index (χ2n) is 6.06. The quantitative estimate of drug-likeness (QED) is 0.603. The van der Waals surface area contributed by atoms with Crippen LogP contribution in [0.4, 0.5) is 0 Å². The van der Waals surface area contributed by atoms with Gasteiger partial charge in [-0.25, -0.2) is 4.98 Å². The van der Waals surface area contributed by atoms with E-state index in [1.807, 2.05) is 42.6 Å². The van der Waals surface area contributed by atoms with Gasteiger partial charge in [0.2, 0.25) is 0 Å². The Morgan fingerprint density at radius 2 is 1.73 bits per heavy atom. The standard InChI is InChI=1S/C21H18N2O3/c1-25-19-9-15-12-22-11-14(17(15)10-20(19)26-2)8-16-7-6-13-4-3-5-18(24)21(13)23-16/h3-7,9-12,24H,8H2,1-2H3. The predicted octanol–water partition coefficient (Wildman–Crippen LogP) is 4.10. The van der Waals surface area contributed by atoms with Crippen LogP contribution in [0.3, 0.4) is 0 Å². The summed E-state index contributed by atoms with van der Waals surface area (Å²) in [6.45, 7) is 0. The van der Waals surface area contributed by atoms with Crippen molar-refractivity contribution in [2.75, 3.05) is 14.2 Å². The fourth-order valence-electron chi connectivity index (χ4n) is 3.16. The number of aromatic nitrogens is 2. The number of ether oxygens (including phenoxy) is 2. The van der Waals surface area contributed by atoms with Gasteiger partial charge in [0.25, 0.3) is 0 Å². The summed E-state index contributed by atoms with van der Waals surface area (Å²) in [6.07, 6.45) is 4.25. The molecule has 0 fully saturated rings. The van der Waals surface area contributed by atoms with E-state index in [9.17, 15) is 5.11 Å². The summed E-state index contributed by atoms with van der Waals surface area (Å²) < 4.78 is 10.8. The van der Waals surface area contributed by atoms with Gasteiger partial charge in [-0.1, -0.05) is 18.2 Å². The first kappa shape index (κ1) is 16.1. The predicted molar refractivity (Wildman–Crippen MR) is 101 cm³/mol. The summed E-state index contributed by atoms with van der Waals surface area (Å²) in [6, 6.07) is 13.2. The van der Waals surface area contributed by atoms with E-state index < -0.39 is 0 Å². The molecule has 0 aliphatic heterocycles. The molecule has 0 aliphatic carbocycles. The molecule has 0 amide bonds. The molecule has 4 rings (SSSR count). The number of pyridine rings is 2. The maximum atomic E-state index is 10.1. The van der Waals surface area contributed by atoms with Crippen molar-refractivity contribution < 1.29 is 14.6 Å². The SMILES string of the molecule is COc1cc2cncc(Cc3ccc4cccc(O)c4n3)c2cc1OC. The monoisotopic (exact) mass is 346 g/mol. The number of para-hydroxylation sites is 1. The third-order valence-corrected chi connectivity index (χ3v) is 4.47. The summed E-state index contributed by atoms with van der Waals surface area (Å²) in [4.78, 5) is 8.97. The van der Waals surface area contributed by atoms with Gasteiger partial charge in [-0.2, -0.15) is 0 Å². The van der Waals surface area contributed by atoms with Crippen molar-refractivity contribution in [3.8, 4) is 17.2 Å². The van der Waals surface area contributed by atoms with Crippen LogP contribution in [-0.2, 0) is 6.42 Å². The first-order chi connectivity index (χ1) is 12.7. The molecular formula is C21H18N2O3. The molecule has 0 radical (unpaired) electrons. The molecule has 2 aromatic heterocycles. The second kappa shape index (κ2) is 6.52. The van der Waals surface area contributed by atoms with E-state index in [4.69, 9.17) is 9.47 Å². The molecule has 0 unspecified atom stereocenters. The van der Waals surface area contributed by atoms with Crippen molar-refractivity contribution >= 4 is 21.7 Å². The number of hydrogen-bond donors (Lipinski definition) is 1. The van der Waals surface area contributed by atoms with E-state index in [0.29, 0.717) is 23.4 Å². The molecule has 4 aromatic rings. The van der Waals surface area contributed by atoms with Crippen LogP contribution in [-0.4, -0.2) is 29.3 Å². The molecule has 0 aliphatic rings. The van der Waals surface area contributed by atoms with E-state index in [2.05, 4.69) is 9.97 Å². The number of nitrogens with zero attached hydrogens (tertiary/aromatic N) is 2. The number of fused-ring (bicyclic) bond motifs is 2. The zero-order valence-corrected chi connectivity index (χ0v) is 14.6. The van der Waals surface area contributed by atoms with Crippen molar-refractivity contribution in [1.82, 2.24) is 9.97 Å². The molecule has 2 heterocycles. The highest BCUT2D eigenvalue weighted by atomic mass is 16.5. The molecule has 5 heteroatoms. The van der Waals surface area contributed by atoms with Crippen LogP contribution in [0.15, 0.2) is 54.9 Å². The van der Waals surface area contributed by atoms with Crippen molar-refractivity contribution in [2.24, 2.45) is 0 Å². The normalized spacial score (nSPS) is 11.0. The van der Waals surface area contributed by atoms with Crippen molar-refractivity contribution in [3.05, 3.63) is 66.1 Å². The van der Waals surface area contributed by atoms with Gasteiger partial charge in [0.05, 0.1) is 14.2 Å². The molecule has 26 heavy (non-hydrogen) atoms. The average molecular weight is 346 g/mol. The van der Waals surface area contributed by atoms with Crippen molar-refractivity contribution in [3.63, 3.8) is 0 Å². The van der Waals surface area contributed by atoms with Gasteiger partial charge < -0.3 is 14.6 Å². The molecule has 5 nitrogen and oxygen atoms in total. The lowest BCUT2D eigenvalue weighted by atomic mass is 10.0. The minimum atomic E-state index is 0.187. The number of methoxy groups -OCH3 is 2. The van der Waals surface area contributed by atoms with Crippen molar-refractivity contribution in [1.29, 1.82) is 0 Å². The Bertz CT molecular complexity index is 1110. The lowest BCUT2D eigenvalue weighted by Crippen LogP contribution is -1.97. The van der Waals surface area contributed by atoms with Gasteiger partial charge >= 0.3 is 0 Å². The fraction of sp³-hybridized carbons (Fsp3) is 0.143. The highest BCUT2D eigenvalue weighted by molar-refractivity contribution is 5.88. The third kappa shape index (κ3) is 2.77. The second-order valence-corrected chi connectivity index (χ2v) is 6.06. The summed E-state index contributed by atoms with van der Waals surface area (Å²) >= 11 is 0. The molecule has 0 saturated heterocycles. The van der Waals surface area contributed by atoms with Gasteiger partial charge in [-0.15, -0.1) is 0 Å². The molecule has 0 saturated carbocycles. The van der Waals surface area contributed by atoms with Crippen LogP contribution >= 0.6 is 0 Å². The number of benzene rings is 2. The highest BCUT2D eigenvalue weighted by Gasteiger charge is 2.11. The smallest absolute Gasteiger partial charge is 0.161 e. The highest BCUT2D eigenvalue weighted by Crippen LogP contribution is 2.34. The summed E-state index contributed by atoms with van der Waals surface area (Å²) in [5.41, 5.74) is 2.51. The summed E-state index contributed by atoms with van der Waals surface area (Å²) in [7, 11) is 3.24. The van der Waals surface area contributed by atoms with E-state index in [-0.39, 0.29) is 5.75 Å². The Morgan fingerprint density at radius 3 is 2.54 bits per heavy atom. The van der Waals surface area contributed by atoms with Crippen LogP contribution in [0, 0.1) is 0 Å². The number of phenols is 1. The zero-order valence-electron chi connectivity index (χ0n) is 14.6. The van der Waals surface area contributed by atoms with E-state index in [1.165, 1.54) is 0 Å². The molecular weight excluding hydrogens is 328 g/mol. The minimum Gasteiger partial charge on any atom is -0.506 e. The fourth-order valence-corrected chi connectivity index (χ4v) is 3.16. The van der Waals surface area contributed by atoms with Gasteiger partial charge in [-0.3, -0.25) is 4.98 Å². The number of hydrogen-bond acceptors (Lipinski definition) is 5. The van der Waals surface area contributed by atoms with E-state index >= 15 is 0 Å². The lowest BCUT2D eigenvalue weighted by Gasteiger charge is -2.12. The Labute approximate surface area is 150 Å². The maximum Gasteiger partial charge on any atom is 0.161 e. The van der Waals surface area contributed by atoms with Gasteiger partial charge in [0.15, 0.2) is 11.5 Å². The molecule has 2 aromatic carbocycles. The molecule has 130 valence electrons. The minimum absolute atomic E-state index is 0.187. The van der Waals surface area contributed by atoms with E-state index in [0.717, 1.165) is 27.4 Å². The molecule has 0 bridgehead atoms. The van der Waals surface area contributed by atoms with Gasteiger partial charge in [0.1, 0.15) is 11.3 Å². The topological polar surface area (TPSA) is 64.5 Å². The third-order valence-electron chi connectivity index (χ3n) is 4.47. The van der Waals surface area contributed by atoms with Crippen LogP contribution < -0.4 is 9.47 Å². The number of phenolic OH excluding ortho intramolecular Hbond substituents is 1. The Balaban J connectivity index is 1.81. The Kier molecular flexibility index (Phi) is 4.05. The summed E-state index contributed by atoms with van der Waals surface area (Å²) in [5.74, 6) is 1.54. The van der Waals surface area contributed by atoms with Crippen LogP contribution in [0.25, 0.3) is 21.7 Å². The Hall–Kier alpha value is -3.34. The Morgan fingerprint density at radius 1 is 0.923 bits per heavy atom. The first-order valence-corrected chi connectivity index (χ1v) is 8.26. The van der Waals surface area contributed by atoms with Gasteiger partial charge in [0, 0.05) is 35.3 Å². The molecule has 1 N–H and O–H groups in total. The van der Waals surface area contributed by atoms with E-state index in [1.54, 1.807) is 26.5 Å². The lowest BCUT2D eigenvalue weighted by molar-refractivity contribution is 0.356. The maximum absolute atomic E-state index is 10.1. The van der Waals surface area contributed by atoms with Crippen LogP contribution in [0.1, 0.15) is 11.3 Å². The van der Waals surface area contributed by atoms with Crippen LogP contribution in [0.5, 0.6) is 17.2 Å². The average Bonchev–Trinajstić information content (AvgIpc) is 2.68. The summed E-state index contributed by atoms with van der Waals surface area (Å²) in [5, 5.41) is 13.0. The number of rotatable bonds is 4. The van der Waals surface area contributed by atoms with Gasteiger partial charge in [-0.05, 0) is 35.2 Å².